The summed E-state index contributed by atoms with van der Waals surface area (Å²) in [5, 5.41) is 13.0. The van der Waals surface area contributed by atoms with Crippen molar-refractivity contribution in [2.75, 3.05) is 19.8 Å². The van der Waals surface area contributed by atoms with Gasteiger partial charge < -0.3 is 15.2 Å². The van der Waals surface area contributed by atoms with Gasteiger partial charge in [-0.3, -0.25) is 0 Å². The minimum Gasteiger partial charge on any atom is -0.506 e. The van der Waals surface area contributed by atoms with Crippen LogP contribution in [0.5, 0.6) is 5.75 Å². The highest BCUT2D eigenvalue weighted by atomic mass is 35.5. The molecule has 1 atom stereocenters. The second-order valence-electron chi connectivity index (χ2n) is 3.29. The van der Waals surface area contributed by atoms with Crippen LogP contribution in [0.25, 0.3) is 0 Å². The van der Waals surface area contributed by atoms with Gasteiger partial charge >= 0.3 is 0 Å². The highest BCUT2D eigenvalue weighted by Crippen LogP contribution is 2.27. The molecular weight excluding hydrogens is 237 g/mol. The van der Waals surface area contributed by atoms with Gasteiger partial charge in [-0.05, 0) is 17.7 Å². The van der Waals surface area contributed by atoms with E-state index in [9.17, 15) is 5.11 Å². The van der Waals surface area contributed by atoms with Crippen LogP contribution in [0.15, 0.2) is 18.2 Å². The van der Waals surface area contributed by atoms with Crippen LogP contribution in [0.4, 0.5) is 0 Å². The van der Waals surface area contributed by atoms with Crippen LogP contribution in [-0.2, 0) is 4.74 Å². The first-order valence-electron chi connectivity index (χ1n) is 4.57. The number of phenolic OH excluding ortho intramolecular Hbond substituents is 1. The smallest absolute Gasteiger partial charge is 0.134 e. The Labute approximate surface area is 99.8 Å². The van der Waals surface area contributed by atoms with Crippen LogP contribution < -0.4 is 5.32 Å². The van der Waals surface area contributed by atoms with Gasteiger partial charge in [0.15, 0.2) is 0 Å². The summed E-state index contributed by atoms with van der Waals surface area (Å²) >= 11 is 5.81. The first-order valence-corrected chi connectivity index (χ1v) is 4.95. The van der Waals surface area contributed by atoms with Crippen molar-refractivity contribution in [3.05, 3.63) is 28.8 Å². The third-order valence-corrected chi connectivity index (χ3v) is 2.60. The summed E-state index contributed by atoms with van der Waals surface area (Å²) in [6.07, 6.45) is 0. The molecular formula is C10H13Cl2NO2. The number of nitrogens with one attached hydrogen (secondary N) is 1. The SMILES string of the molecule is Cl.Oc1ccc([C@@H]2COCCN2)cc1Cl. The zero-order chi connectivity index (χ0) is 9.97. The molecule has 0 bridgehead atoms. The molecule has 84 valence electrons. The topological polar surface area (TPSA) is 41.5 Å². The standard InChI is InChI=1S/C10H12ClNO2.ClH/c11-8-5-7(1-2-10(8)13)9-6-14-4-3-12-9;/h1-2,5,9,12-13H,3-4,6H2;1H/t9-;/m0./s1. The third-order valence-electron chi connectivity index (χ3n) is 2.30. The molecule has 0 amide bonds. The van der Waals surface area contributed by atoms with E-state index in [0.29, 0.717) is 11.6 Å². The summed E-state index contributed by atoms with van der Waals surface area (Å²) in [5.74, 6) is 0.118. The number of rotatable bonds is 1. The molecule has 0 radical (unpaired) electrons. The van der Waals surface area contributed by atoms with Gasteiger partial charge in [-0.15, -0.1) is 12.4 Å². The van der Waals surface area contributed by atoms with Crippen molar-refractivity contribution in [3.63, 3.8) is 0 Å². The highest BCUT2D eigenvalue weighted by molar-refractivity contribution is 6.32. The molecule has 1 aliphatic heterocycles. The van der Waals surface area contributed by atoms with Gasteiger partial charge in [0.2, 0.25) is 0 Å². The fourth-order valence-corrected chi connectivity index (χ4v) is 1.71. The molecule has 2 rings (SSSR count). The van der Waals surface area contributed by atoms with Gasteiger partial charge in [0.1, 0.15) is 5.75 Å². The monoisotopic (exact) mass is 249 g/mol. The van der Waals surface area contributed by atoms with Gasteiger partial charge in [0.25, 0.3) is 0 Å². The molecule has 3 nitrogen and oxygen atoms in total. The molecule has 1 aliphatic rings. The summed E-state index contributed by atoms with van der Waals surface area (Å²) in [7, 11) is 0. The second-order valence-corrected chi connectivity index (χ2v) is 3.70. The maximum absolute atomic E-state index is 9.26. The van der Waals surface area contributed by atoms with Crippen molar-refractivity contribution in [3.8, 4) is 5.75 Å². The fourth-order valence-electron chi connectivity index (χ4n) is 1.52. The molecule has 1 saturated heterocycles. The van der Waals surface area contributed by atoms with Crippen molar-refractivity contribution in [1.29, 1.82) is 0 Å². The van der Waals surface area contributed by atoms with Crippen LogP contribution >= 0.6 is 24.0 Å². The Balaban J connectivity index is 0.00000112. The number of morpholine rings is 1. The first-order chi connectivity index (χ1) is 6.77. The molecule has 0 aromatic heterocycles. The van der Waals surface area contributed by atoms with Crippen molar-refractivity contribution < 1.29 is 9.84 Å². The molecule has 5 heteroatoms. The van der Waals surface area contributed by atoms with E-state index in [4.69, 9.17) is 16.3 Å². The quantitative estimate of drug-likeness (QED) is 0.802. The Morgan fingerprint density at radius 3 is 2.87 bits per heavy atom. The Bertz CT molecular complexity index is 327. The van der Waals surface area contributed by atoms with E-state index in [-0.39, 0.29) is 24.2 Å². The molecule has 2 N–H and O–H groups in total. The normalized spacial score (nSPS) is 20.7. The van der Waals surface area contributed by atoms with Crippen LogP contribution in [0.1, 0.15) is 11.6 Å². The predicted octanol–water partition coefficient (Wildman–Crippen LogP) is 2.13. The predicted molar refractivity (Wildman–Crippen MR) is 61.9 cm³/mol. The van der Waals surface area contributed by atoms with Crippen molar-refractivity contribution >= 4 is 24.0 Å². The van der Waals surface area contributed by atoms with Crippen LogP contribution in [-0.4, -0.2) is 24.9 Å². The van der Waals surface area contributed by atoms with Gasteiger partial charge in [0, 0.05) is 6.54 Å². The summed E-state index contributed by atoms with van der Waals surface area (Å²) in [6.45, 7) is 2.26. The van der Waals surface area contributed by atoms with Gasteiger partial charge in [0.05, 0.1) is 24.3 Å². The molecule has 1 aromatic rings. The Hall–Kier alpha value is -0.480. The van der Waals surface area contributed by atoms with Gasteiger partial charge in [-0.25, -0.2) is 0 Å². The lowest BCUT2D eigenvalue weighted by Gasteiger charge is -2.24. The second kappa shape index (κ2) is 5.56. The Kier molecular flexibility index (Phi) is 4.67. The number of phenols is 1. The molecule has 1 heterocycles. The first kappa shape index (κ1) is 12.6. The molecule has 0 unspecified atom stereocenters. The molecule has 0 aliphatic carbocycles. The summed E-state index contributed by atoms with van der Waals surface area (Å²) < 4.78 is 5.34. The lowest BCUT2D eigenvalue weighted by Crippen LogP contribution is -2.34. The fraction of sp³-hybridized carbons (Fsp3) is 0.400. The zero-order valence-corrected chi connectivity index (χ0v) is 9.64. The van der Waals surface area contributed by atoms with E-state index in [2.05, 4.69) is 5.32 Å². The number of ether oxygens (including phenoxy) is 1. The Morgan fingerprint density at radius 2 is 2.27 bits per heavy atom. The van der Waals surface area contributed by atoms with Gasteiger partial charge in [-0.2, -0.15) is 0 Å². The van der Waals surface area contributed by atoms with Crippen molar-refractivity contribution in [2.24, 2.45) is 0 Å². The lowest BCUT2D eigenvalue weighted by atomic mass is 10.1. The minimum absolute atomic E-state index is 0. The number of aromatic hydroxyl groups is 1. The average molecular weight is 250 g/mol. The summed E-state index contributed by atoms with van der Waals surface area (Å²) in [4.78, 5) is 0. The minimum atomic E-state index is 0. The number of hydrogen-bond donors (Lipinski definition) is 2. The largest absolute Gasteiger partial charge is 0.506 e. The highest BCUT2D eigenvalue weighted by Gasteiger charge is 2.15. The van der Waals surface area contributed by atoms with Gasteiger partial charge in [-0.1, -0.05) is 17.7 Å². The number of halogens is 2. The maximum Gasteiger partial charge on any atom is 0.134 e. The van der Waals surface area contributed by atoms with E-state index in [1.54, 1.807) is 12.1 Å². The molecule has 15 heavy (non-hydrogen) atoms. The van der Waals surface area contributed by atoms with E-state index in [1.165, 1.54) is 0 Å². The molecule has 0 spiro atoms. The Morgan fingerprint density at radius 1 is 1.47 bits per heavy atom. The van der Waals surface area contributed by atoms with E-state index < -0.39 is 0 Å². The third kappa shape index (κ3) is 2.98. The number of hydrogen-bond acceptors (Lipinski definition) is 3. The van der Waals surface area contributed by atoms with Crippen LogP contribution in [0, 0.1) is 0 Å². The molecule has 0 saturated carbocycles. The zero-order valence-electron chi connectivity index (χ0n) is 8.07. The van der Waals surface area contributed by atoms with Crippen molar-refractivity contribution in [1.82, 2.24) is 5.32 Å². The van der Waals surface area contributed by atoms with Crippen LogP contribution in [0.3, 0.4) is 0 Å². The molecule has 1 aromatic carbocycles. The maximum atomic E-state index is 9.26. The molecule has 1 fully saturated rings. The average Bonchev–Trinajstić information content (AvgIpc) is 2.23. The van der Waals surface area contributed by atoms with Crippen LogP contribution in [0.2, 0.25) is 5.02 Å². The van der Waals surface area contributed by atoms with E-state index in [1.807, 2.05) is 6.07 Å². The van der Waals surface area contributed by atoms with Crippen molar-refractivity contribution in [2.45, 2.75) is 6.04 Å². The lowest BCUT2D eigenvalue weighted by molar-refractivity contribution is 0.0769. The van der Waals surface area contributed by atoms with E-state index in [0.717, 1.165) is 18.7 Å². The summed E-state index contributed by atoms with van der Waals surface area (Å²) in [6, 6.07) is 5.41. The number of benzene rings is 1. The van der Waals surface area contributed by atoms with E-state index >= 15 is 0 Å². The summed E-state index contributed by atoms with van der Waals surface area (Å²) in [5.41, 5.74) is 1.05.